The Hall–Kier alpha value is -1.49. The average Bonchev–Trinajstić information content (AvgIpc) is 3.13. The number of aryl methyl sites for hydroxylation is 2. The molecule has 2 rings (SSSR count). The lowest BCUT2D eigenvalue weighted by atomic mass is 9.98. The Balaban J connectivity index is 2.38. The van der Waals surface area contributed by atoms with Crippen molar-refractivity contribution >= 4 is 5.97 Å². The summed E-state index contributed by atoms with van der Waals surface area (Å²) in [6.07, 6.45) is 2.23. The fourth-order valence-corrected chi connectivity index (χ4v) is 2.54. The molecule has 0 bridgehead atoms. The highest BCUT2D eigenvalue weighted by Gasteiger charge is 2.35. The first-order chi connectivity index (χ1) is 8.95. The van der Waals surface area contributed by atoms with Crippen LogP contribution in [0.5, 0.6) is 0 Å². The van der Waals surface area contributed by atoms with Gasteiger partial charge < -0.3 is 9.84 Å². The Labute approximate surface area is 113 Å². The molecule has 0 aromatic carbocycles. The highest BCUT2D eigenvalue weighted by Crippen LogP contribution is 2.42. The minimum absolute atomic E-state index is 0.0633. The zero-order valence-electron chi connectivity index (χ0n) is 11.8. The highest BCUT2D eigenvalue weighted by atomic mass is 16.5. The van der Waals surface area contributed by atoms with Crippen LogP contribution in [0.1, 0.15) is 54.6 Å². The molecule has 0 aliphatic heterocycles. The van der Waals surface area contributed by atoms with Gasteiger partial charge in [-0.05, 0) is 39.5 Å². The molecule has 0 amide bonds. The van der Waals surface area contributed by atoms with Gasteiger partial charge in [0.15, 0.2) is 5.82 Å². The number of aromatic nitrogens is 2. The lowest BCUT2D eigenvalue weighted by molar-refractivity contribution is -0.138. The number of rotatable bonds is 5. The molecule has 1 aromatic heterocycles. The van der Waals surface area contributed by atoms with Crippen molar-refractivity contribution in [2.75, 3.05) is 7.11 Å². The van der Waals surface area contributed by atoms with E-state index in [9.17, 15) is 4.79 Å². The molecule has 1 fully saturated rings. The molecule has 5 nitrogen and oxygen atoms in total. The third-order valence-electron chi connectivity index (χ3n) is 3.71. The second kappa shape index (κ2) is 5.25. The monoisotopic (exact) mass is 264 g/mol. The van der Waals surface area contributed by atoms with E-state index in [4.69, 9.17) is 9.84 Å². The molecule has 0 spiro atoms. The third kappa shape index (κ3) is 2.76. The van der Waals surface area contributed by atoms with Crippen LogP contribution in [0.4, 0.5) is 0 Å². The van der Waals surface area contributed by atoms with Gasteiger partial charge in [-0.1, -0.05) is 0 Å². The quantitative estimate of drug-likeness (QED) is 0.884. The summed E-state index contributed by atoms with van der Waals surface area (Å²) in [5.74, 6) is -0.253. The van der Waals surface area contributed by atoms with Crippen LogP contribution in [0.25, 0.3) is 0 Å². The van der Waals surface area contributed by atoms with Crippen LogP contribution in [0.3, 0.4) is 0 Å². The van der Waals surface area contributed by atoms with Gasteiger partial charge in [-0.2, -0.15) is 0 Å². The summed E-state index contributed by atoms with van der Waals surface area (Å²) in [5.41, 5.74) is 2.18. The maximum absolute atomic E-state index is 11.1. The molecular formula is C14H20N2O3. The van der Waals surface area contributed by atoms with Crippen LogP contribution in [0.2, 0.25) is 0 Å². The maximum Gasteiger partial charge on any atom is 0.310 e. The van der Waals surface area contributed by atoms with E-state index in [1.165, 1.54) is 0 Å². The number of ether oxygens (including phenoxy) is 1. The molecule has 0 radical (unpaired) electrons. The Bertz CT molecular complexity index is 474. The fourth-order valence-electron chi connectivity index (χ4n) is 2.54. The number of methoxy groups -OCH3 is 1. The summed E-state index contributed by atoms with van der Waals surface area (Å²) in [7, 11) is 1.67. The second-order valence-electron chi connectivity index (χ2n) is 5.22. The predicted molar refractivity (Wildman–Crippen MR) is 70.0 cm³/mol. The van der Waals surface area contributed by atoms with Gasteiger partial charge in [0.05, 0.1) is 5.92 Å². The van der Waals surface area contributed by atoms with Gasteiger partial charge >= 0.3 is 5.97 Å². The minimum atomic E-state index is -0.854. The zero-order chi connectivity index (χ0) is 14.2. The first kappa shape index (κ1) is 13.9. The SMILES string of the molecule is COC(c1nc(C)c(C(C)C(=O)O)c(C)n1)C1CC1. The summed E-state index contributed by atoms with van der Waals surface area (Å²) >= 11 is 0. The van der Waals surface area contributed by atoms with Gasteiger partial charge in [0.2, 0.25) is 0 Å². The number of carbonyl (C=O) groups is 1. The van der Waals surface area contributed by atoms with Crippen molar-refractivity contribution in [1.29, 1.82) is 0 Å². The summed E-state index contributed by atoms with van der Waals surface area (Å²) in [6, 6.07) is 0. The molecule has 2 unspecified atom stereocenters. The van der Waals surface area contributed by atoms with Crippen molar-refractivity contribution in [3.05, 3.63) is 22.8 Å². The normalized spacial score (nSPS) is 18.1. The van der Waals surface area contributed by atoms with E-state index in [1.807, 2.05) is 13.8 Å². The standard InChI is InChI=1S/C14H20N2O3/c1-7(14(17)18)11-8(2)15-13(16-9(11)3)12(19-4)10-5-6-10/h7,10,12H,5-6H2,1-4H3,(H,17,18). The van der Waals surface area contributed by atoms with Crippen LogP contribution < -0.4 is 0 Å². The van der Waals surface area contributed by atoms with E-state index in [0.717, 1.165) is 24.2 Å². The second-order valence-corrected chi connectivity index (χ2v) is 5.22. The topological polar surface area (TPSA) is 72.3 Å². The van der Waals surface area contributed by atoms with E-state index >= 15 is 0 Å². The smallest absolute Gasteiger partial charge is 0.310 e. The third-order valence-corrected chi connectivity index (χ3v) is 3.71. The fraction of sp³-hybridized carbons (Fsp3) is 0.643. The summed E-state index contributed by atoms with van der Waals surface area (Å²) in [6.45, 7) is 5.34. The molecule has 1 aliphatic rings. The number of nitrogens with zero attached hydrogens (tertiary/aromatic N) is 2. The lowest BCUT2D eigenvalue weighted by Crippen LogP contribution is -2.17. The van der Waals surface area contributed by atoms with Crippen molar-refractivity contribution in [2.24, 2.45) is 5.92 Å². The summed E-state index contributed by atoms with van der Waals surface area (Å²) in [5, 5.41) is 9.13. The molecule has 2 atom stereocenters. The van der Waals surface area contributed by atoms with Crippen LogP contribution in [-0.2, 0) is 9.53 Å². The molecule has 1 aliphatic carbocycles. The molecule has 1 aromatic rings. The van der Waals surface area contributed by atoms with E-state index in [1.54, 1.807) is 14.0 Å². The molecule has 0 saturated heterocycles. The number of aliphatic carboxylic acids is 1. The Morgan fingerprint density at radius 1 is 1.32 bits per heavy atom. The molecule has 104 valence electrons. The zero-order valence-corrected chi connectivity index (χ0v) is 11.8. The maximum atomic E-state index is 11.1. The molecule has 1 heterocycles. The summed E-state index contributed by atoms with van der Waals surface area (Å²) in [4.78, 5) is 20.1. The number of carboxylic acids is 1. The largest absolute Gasteiger partial charge is 0.481 e. The van der Waals surface area contributed by atoms with E-state index in [2.05, 4.69) is 9.97 Å². The van der Waals surface area contributed by atoms with Crippen LogP contribution >= 0.6 is 0 Å². The van der Waals surface area contributed by atoms with Crippen LogP contribution in [-0.4, -0.2) is 28.2 Å². The molecule has 1 N–H and O–H groups in total. The Morgan fingerprint density at radius 2 is 1.84 bits per heavy atom. The van der Waals surface area contributed by atoms with Crippen LogP contribution in [0.15, 0.2) is 0 Å². The summed E-state index contributed by atoms with van der Waals surface area (Å²) < 4.78 is 5.48. The Morgan fingerprint density at radius 3 is 2.21 bits per heavy atom. The van der Waals surface area contributed by atoms with E-state index in [0.29, 0.717) is 17.3 Å². The van der Waals surface area contributed by atoms with Gasteiger partial charge in [0, 0.05) is 24.1 Å². The van der Waals surface area contributed by atoms with Gasteiger partial charge in [-0.3, -0.25) is 4.79 Å². The van der Waals surface area contributed by atoms with Gasteiger partial charge in [0.25, 0.3) is 0 Å². The van der Waals surface area contributed by atoms with Crippen molar-refractivity contribution in [1.82, 2.24) is 9.97 Å². The average molecular weight is 264 g/mol. The molecule has 1 saturated carbocycles. The predicted octanol–water partition coefficient (Wildman–Crippen LogP) is 2.38. The highest BCUT2D eigenvalue weighted by molar-refractivity contribution is 5.76. The number of hydrogen-bond donors (Lipinski definition) is 1. The first-order valence-electron chi connectivity index (χ1n) is 6.56. The van der Waals surface area contributed by atoms with Crippen molar-refractivity contribution in [3.63, 3.8) is 0 Å². The van der Waals surface area contributed by atoms with Gasteiger partial charge in [0.1, 0.15) is 6.10 Å². The number of hydrogen-bond acceptors (Lipinski definition) is 4. The molecule has 19 heavy (non-hydrogen) atoms. The number of carboxylic acid groups (broad SMARTS) is 1. The van der Waals surface area contributed by atoms with Gasteiger partial charge in [-0.15, -0.1) is 0 Å². The van der Waals surface area contributed by atoms with E-state index in [-0.39, 0.29) is 6.10 Å². The van der Waals surface area contributed by atoms with Crippen molar-refractivity contribution in [3.8, 4) is 0 Å². The lowest BCUT2D eigenvalue weighted by Gasteiger charge is -2.18. The molecular weight excluding hydrogens is 244 g/mol. The minimum Gasteiger partial charge on any atom is -0.481 e. The van der Waals surface area contributed by atoms with Crippen molar-refractivity contribution in [2.45, 2.75) is 45.6 Å². The first-order valence-corrected chi connectivity index (χ1v) is 6.56. The Kier molecular flexibility index (Phi) is 3.85. The molecule has 5 heteroatoms. The van der Waals surface area contributed by atoms with E-state index < -0.39 is 11.9 Å². The van der Waals surface area contributed by atoms with Crippen LogP contribution in [0, 0.1) is 19.8 Å². The van der Waals surface area contributed by atoms with Crippen molar-refractivity contribution < 1.29 is 14.6 Å². The van der Waals surface area contributed by atoms with Gasteiger partial charge in [-0.25, -0.2) is 9.97 Å².